The molecule has 2 rings (SSSR count). The maximum atomic E-state index is 11.6. The standard InChI is InChI=1S/C8H8N2O2S/c11-7-5-9-13-10(7)8(12)6-3-1-2-4-6/h1-2,5-6H,3-4H2. The van der Waals surface area contributed by atoms with Gasteiger partial charge in [-0.3, -0.25) is 9.59 Å². The van der Waals surface area contributed by atoms with Crippen molar-refractivity contribution in [1.82, 2.24) is 8.33 Å². The average Bonchev–Trinajstić information content (AvgIpc) is 2.72. The van der Waals surface area contributed by atoms with Crippen molar-refractivity contribution in [3.05, 3.63) is 28.7 Å². The van der Waals surface area contributed by atoms with Crippen molar-refractivity contribution in [2.45, 2.75) is 12.8 Å². The molecule has 0 fully saturated rings. The molecule has 1 aromatic heterocycles. The molecule has 1 aliphatic rings. The molecule has 0 unspecified atom stereocenters. The Balaban J connectivity index is 2.23. The molecular formula is C8H8N2O2S. The van der Waals surface area contributed by atoms with Crippen LogP contribution in [0.2, 0.25) is 0 Å². The van der Waals surface area contributed by atoms with E-state index in [9.17, 15) is 9.59 Å². The first-order valence-electron chi connectivity index (χ1n) is 4.02. The minimum absolute atomic E-state index is 0.0573. The number of carbonyl (C=O) groups excluding carboxylic acids is 1. The monoisotopic (exact) mass is 196 g/mol. The summed E-state index contributed by atoms with van der Waals surface area (Å²) in [5.74, 6) is -0.185. The summed E-state index contributed by atoms with van der Waals surface area (Å²) in [6, 6.07) is 0. The highest BCUT2D eigenvalue weighted by Gasteiger charge is 2.22. The smallest absolute Gasteiger partial charge is 0.273 e. The molecule has 1 aromatic rings. The molecule has 0 aromatic carbocycles. The zero-order chi connectivity index (χ0) is 9.26. The largest absolute Gasteiger partial charge is 0.287 e. The fourth-order valence-corrected chi connectivity index (χ4v) is 1.93. The number of hydrogen-bond acceptors (Lipinski definition) is 4. The predicted molar refractivity (Wildman–Crippen MR) is 48.9 cm³/mol. The van der Waals surface area contributed by atoms with Gasteiger partial charge in [0.15, 0.2) is 0 Å². The van der Waals surface area contributed by atoms with Crippen molar-refractivity contribution in [3.8, 4) is 0 Å². The van der Waals surface area contributed by atoms with Crippen molar-refractivity contribution in [2.75, 3.05) is 0 Å². The predicted octanol–water partition coefficient (Wildman–Crippen LogP) is 0.911. The van der Waals surface area contributed by atoms with Crippen LogP contribution in [0.1, 0.15) is 17.6 Å². The molecule has 0 saturated carbocycles. The Morgan fingerprint density at radius 2 is 2.23 bits per heavy atom. The lowest BCUT2D eigenvalue weighted by Crippen LogP contribution is -2.26. The highest BCUT2D eigenvalue weighted by Crippen LogP contribution is 2.19. The van der Waals surface area contributed by atoms with Crippen LogP contribution < -0.4 is 5.56 Å². The number of carbonyl (C=O) groups is 1. The van der Waals surface area contributed by atoms with Crippen molar-refractivity contribution < 1.29 is 4.79 Å². The van der Waals surface area contributed by atoms with Crippen molar-refractivity contribution in [3.63, 3.8) is 0 Å². The number of rotatable bonds is 1. The van der Waals surface area contributed by atoms with Crippen LogP contribution in [-0.2, 0) is 0 Å². The molecule has 0 atom stereocenters. The van der Waals surface area contributed by atoms with Crippen LogP contribution in [0.25, 0.3) is 0 Å². The lowest BCUT2D eigenvalue weighted by molar-refractivity contribution is 0.0851. The van der Waals surface area contributed by atoms with Gasteiger partial charge in [-0.25, -0.2) is 0 Å². The minimum atomic E-state index is -0.318. The summed E-state index contributed by atoms with van der Waals surface area (Å²) in [5.41, 5.74) is -0.318. The van der Waals surface area contributed by atoms with Gasteiger partial charge in [0.05, 0.1) is 11.7 Å². The first-order valence-corrected chi connectivity index (χ1v) is 4.75. The summed E-state index contributed by atoms with van der Waals surface area (Å²) in [6.07, 6.45) is 6.58. The number of nitrogens with zero attached hydrogens (tertiary/aromatic N) is 2. The van der Waals surface area contributed by atoms with Crippen LogP contribution >= 0.6 is 11.7 Å². The maximum Gasteiger partial charge on any atom is 0.287 e. The quantitative estimate of drug-likeness (QED) is 0.627. The number of allylic oxidation sites excluding steroid dienone is 2. The third-order valence-corrected chi connectivity index (χ3v) is 2.77. The van der Waals surface area contributed by atoms with Crippen molar-refractivity contribution in [2.24, 2.45) is 5.92 Å². The van der Waals surface area contributed by atoms with E-state index in [1.807, 2.05) is 12.2 Å². The lowest BCUT2D eigenvalue weighted by Gasteiger charge is -2.05. The van der Waals surface area contributed by atoms with Gasteiger partial charge < -0.3 is 0 Å². The van der Waals surface area contributed by atoms with E-state index in [0.717, 1.165) is 28.5 Å². The molecule has 0 saturated heterocycles. The molecule has 1 aliphatic carbocycles. The van der Waals surface area contributed by atoms with E-state index >= 15 is 0 Å². The van der Waals surface area contributed by atoms with Gasteiger partial charge in [-0.15, -0.1) is 0 Å². The summed E-state index contributed by atoms with van der Waals surface area (Å²) in [4.78, 5) is 22.7. The molecule has 0 amide bonds. The van der Waals surface area contributed by atoms with Gasteiger partial charge in [-0.2, -0.15) is 8.33 Å². The second-order valence-electron chi connectivity index (χ2n) is 2.93. The Kier molecular flexibility index (Phi) is 2.10. The Labute approximate surface area is 78.8 Å². The highest BCUT2D eigenvalue weighted by atomic mass is 32.1. The maximum absolute atomic E-state index is 11.6. The van der Waals surface area contributed by atoms with E-state index in [4.69, 9.17) is 0 Å². The normalized spacial score (nSPS) is 16.6. The molecule has 0 bridgehead atoms. The Hall–Kier alpha value is -1.23. The first-order chi connectivity index (χ1) is 6.29. The Morgan fingerprint density at radius 3 is 2.77 bits per heavy atom. The van der Waals surface area contributed by atoms with Crippen LogP contribution in [0.15, 0.2) is 23.1 Å². The van der Waals surface area contributed by atoms with Crippen LogP contribution in [0.4, 0.5) is 0 Å². The molecule has 0 aliphatic heterocycles. The first kappa shape index (κ1) is 8.37. The number of hydrogen-bond donors (Lipinski definition) is 0. The molecule has 5 heteroatoms. The van der Waals surface area contributed by atoms with Gasteiger partial charge in [0.1, 0.15) is 6.20 Å². The minimum Gasteiger partial charge on any atom is -0.273 e. The Morgan fingerprint density at radius 1 is 1.54 bits per heavy atom. The summed E-state index contributed by atoms with van der Waals surface area (Å²) in [5, 5.41) is 0. The van der Waals surface area contributed by atoms with E-state index in [0.29, 0.717) is 0 Å². The van der Waals surface area contributed by atoms with Crippen LogP contribution in [0.5, 0.6) is 0 Å². The topological polar surface area (TPSA) is 52.0 Å². The third kappa shape index (κ3) is 1.47. The van der Waals surface area contributed by atoms with Crippen LogP contribution in [0.3, 0.4) is 0 Å². The second-order valence-corrected chi connectivity index (χ2v) is 3.67. The molecule has 68 valence electrons. The molecule has 0 N–H and O–H groups in total. The Bertz CT molecular complexity index is 396. The molecule has 13 heavy (non-hydrogen) atoms. The van der Waals surface area contributed by atoms with Crippen molar-refractivity contribution in [1.29, 1.82) is 0 Å². The van der Waals surface area contributed by atoms with E-state index < -0.39 is 0 Å². The molecule has 1 heterocycles. The summed E-state index contributed by atoms with van der Waals surface area (Å²) in [7, 11) is 0. The van der Waals surface area contributed by atoms with Gasteiger partial charge in [0, 0.05) is 5.92 Å². The zero-order valence-electron chi connectivity index (χ0n) is 6.84. The summed E-state index contributed by atoms with van der Waals surface area (Å²) < 4.78 is 4.79. The van der Waals surface area contributed by atoms with Crippen molar-refractivity contribution >= 4 is 17.6 Å². The van der Waals surface area contributed by atoms with E-state index in [-0.39, 0.29) is 17.4 Å². The van der Waals surface area contributed by atoms with Crippen LogP contribution in [-0.4, -0.2) is 14.2 Å². The van der Waals surface area contributed by atoms with Gasteiger partial charge in [0.25, 0.3) is 5.56 Å². The van der Waals surface area contributed by atoms with Gasteiger partial charge in [0.2, 0.25) is 5.91 Å². The molecule has 4 nitrogen and oxygen atoms in total. The van der Waals surface area contributed by atoms with Crippen LogP contribution in [0, 0.1) is 5.92 Å². The number of aromatic nitrogens is 2. The summed E-state index contributed by atoms with van der Waals surface area (Å²) in [6.45, 7) is 0. The van der Waals surface area contributed by atoms with E-state index in [1.165, 1.54) is 6.20 Å². The fourth-order valence-electron chi connectivity index (χ4n) is 1.34. The van der Waals surface area contributed by atoms with Gasteiger partial charge >= 0.3 is 0 Å². The third-order valence-electron chi connectivity index (χ3n) is 2.05. The highest BCUT2D eigenvalue weighted by molar-refractivity contribution is 7.01. The van der Waals surface area contributed by atoms with E-state index in [2.05, 4.69) is 4.37 Å². The summed E-state index contributed by atoms with van der Waals surface area (Å²) >= 11 is 0.921. The molecular weight excluding hydrogens is 188 g/mol. The zero-order valence-corrected chi connectivity index (χ0v) is 7.66. The second kappa shape index (κ2) is 3.26. The molecule has 0 radical (unpaired) electrons. The average molecular weight is 196 g/mol. The van der Waals surface area contributed by atoms with E-state index in [1.54, 1.807) is 0 Å². The van der Waals surface area contributed by atoms with Gasteiger partial charge in [-0.05, 0) is 12.8 Å². The van der Waals surface area contributed by atoms with Gasteiger partial charge in [-0.1, -0.05) is 12.2 Å². The lowest BCUT2D eigenvalue weighted by atomic mass is 10.1. The fraction of sp³-hybridized carbons (Fsp3) is 0.375. The molecule has 0 spiro atoms. The SMILES string of the molecule is O=C(C1CC=CC1)n1sncc1=O.